The molecule has 0 spiro atoms. The standard InChI is InChI=1S/C18H19BrF2N2O/c1-4-6-9-18(3)11-16(13-10-12(20)7-8-15(13)21)22-23(18)17(24)14(19)5-2/h4,6-10,14H,1,5,11H2,2-3H3/b9-6+. The van der Waals surface area contributed by atoms with Gasteiger partial charge in [0.05, 0.1) is 16.1 Å². The Hall–Kier alpha value is -1.82. The first kappa shape index (κ1) is 18.5. The van der Waals surface area contributed by atoms with E-state index < -0.39 is 22.0 Å². The zero-order valence-corrected chi connectivity index (χ0v) is 15.2. The molecule has 1 amide bonds. The molecule has 1 aromatic carbocycles. The van der Waals surface area contributed by atoms with E-state index in [1.807, 2.05) is 13.8 Å². The second-order valence-electron chi connectivity index (χ2n) is 5.83. The van der Waals surface area contributed by atoms with Gasteiger partial charge in [0.1, 0.15) is 11.6 Å². The van der Waals surface area contributed by atoms with Crippen molar-refractivity contribution in [3.63, 3.8) is 0 Å². The Kier molecular flexibility index (Phi) is 5.70. The average molecular weight is 397 g/mol. The molecule has 1 heterocycles. The van der Waals surface area contributed by atoms with Crippen molar-refractivity contribution in [2.45, 2.75) is 37.1 Å². The highest BCUT2D eigenvalue weighted by atomic mass is 79.9. The van der Waals surface area contributed by atoms with Crippen LogP contribution in [-0.4, -0.2) is 27.0 Å². The van der Waals surface area contributed by atoms with Gasteiger partial charge in [0.2, 0.25) is 0 Å². The zero-order chi connectivity index (χ0) is 17.9. The number of halogens is 3. The second kappa shape index (κ2) is 7.38. The van der Waals surface area contributed by atoms with E-state index >= 15 is 0 Å². The molecule has 0 aromatic heterocycles. The lowest BCUT2D eigenvalue weighted by Crippen LogP contribution is -2.45. The highest BCUT2D eigenvalue weighted by Gasteiger charge is 2.42. The summed E-state index contributed by atoms with van der Waals surface area (Å²) >= 11 is 3.34. The van der Waals surface area contributed by atoms with E-state index in [9.17, 15) is 13.6 Å². The highest BCUT2D eigenvalue weighted by Crippen LogP contribution is 2.33. The molecular formula is C18H19BrF2N2O. The lowest BCUT2D eigenvalue weighted by molar-refractivity contribution is -0.133. The molecule has 1 aliphatic rings. The van der Waals surface area contributed by atoms with Crippen LogP contribution in [-0.2, 0) is 4.79 Å². The third-order valence-corrected chi connectivity index (χ3v) is 4.93. The number of rotatable bonds is 5. The largest absolute Gasteiger partial charge is 0.272 e. The molecule has 128 valence electrons. The number of allylic oxidation sites excluding steroid dienone is 2. The summed E-state index contributed by atoms with van der Waals surface area (Å²) in [6, 6.07) is 3.22. The van der Waals surface area contributed by atoms with E-state index in [0.717, 1.165) is 18.2 Å². The van der Waals surface area contributed by atoms with Crippen LogP contribution >= 0.6 is 15.9 Å². The summed E-state index contributed by atoms with van der Waals surface area (Å²) in [6.07, 6.45) is 5.99. The predicted octanol–water partition coefficient (Wildman–Crippen LogP) is 4.58. The molecule has 0 fully saturated rings. The maximum atomic E-state index is 14.1. The molecule has 0 saturated heterocycles. The van der Waals surface area contributed by atoms with Gasteiger partial charge in [-0.05, 0) is 31.5 Å². The lowest BCUT2D eigenvalue weighted by atomic mass is 9.91. The van der Waals surface area contributed by atoms with Crippen molar-refractivity contribution in [2.75, 3.05) is 0 Å². The molecule has 3 nitrogen and oxygen atoms in total. The average Bonchev–Trinajstić information content (AvgIpc) is 2.91. The maximum Gasteiger partial charge on any atom is 0.257 e. The summed E-state index contributed by atoms with van der Waals surface area (Å²) in [7, 11) is 0. The minimum absolute atomic E-state index is 0.0751. The van der Waals surface area contributed by atoms with E-state index in [1.54, 1.807) is 18.2 Å². The first-order valence-corrected chi connectivity index (χ1v) is 8.55. The van der Waals surface area contributed by atoms with Crippen LogP contribution < -0.4 is 0 Å². The Morgan fingerprint density at radius 1 is 1.54 bits per heavy atom. The maximum absolute atomic E-state index is 14.1. The van der Waals surface area contributed by atoms with Gasteiger partial charge in [-0.2, -0.15) is 5.10 Å². The van der Waals surface area contributed by atoms with Crippen LogP contribution in [0.4, 0.5) is 8.78 Å². The summed E-state index contributed by atoms with van der Waals surface area (Å²) < 4.78 is 27.6. The quantitative estimate of drug-likeness (QED) is 0.529. The van der Waals surface area contributed by atoms with E-state index in [1.165, 1.54) is 5.01 Å². The molecule has 2 unspecified atom stereocenters. The summed E-state index contributed by atoms with van der Waals surface area (Å²) in [4.78, 5) is 12.2. The van der Waals surface area contributed by atoms with Gasteiger partial charge in [-0.1, -0.05) is 47.7 Å². The SMILES string of the molecule is C=C/C=C/C1(C)CC(c2cc(F)ccc2F)=NN1C(=O)C(Br)CC. The molecular weight excluding hydrogens is 378 g/mol. The minimum atomic E-state index is -0.763. The first-order chi connectivity index (χ1) is 11.3. The zero-order valence-electron chi connectivity index (χ0n) is 13.6. The van der Waals surface area contributed by atoms with E-state index in [0.29, 0.717) is 12.1 Å². The number of nitrogens with zero attached hydrogens (tertiary/aromatic N) is 2. The van der Waals surface area contributed by atoms with Crippen LogP contribution in [0.15, 0.2) is 48.1 Å². The molecule has 2 atom stereocenters. The molecule has 1 aromatic rings. The number of hydrogen-bond acceptors (Lipinski definition) is 2. The van der Waals surface area contributed by atoms with Crippen molar-refractivity contribution < 1.29 is 13.6 Å². The number of carbonyl (C=O) groups is 1. The minimum Gasteiger partial charge on any atom is -0.272 e. The molecule has 0 radical (unpaired) electrons. The van der Waals surface area contributed by atoms with E-state index in [-0.39, 0.29) is 17.9 Å². The number of hydrazone groups is 1. The van der Waals surface area contributed by atoms with Crippen LogP contribution in [0.25, 0.3) is 0 Å². The number of carbonyl (C=O) groups excluding carboxylic acids is 1. The highest BCUT2D eigenvalue weighted by molar-refractivity contribution is 9.10. The van der Waals surface area contributed by atoms with Crippen LogP contribution in [0.2, 0.25) is 0 Å². The van der Waals surface area contributed by atoms with Crippen molar-refractivity contribution in [3.05, 3.63) is 60.2 Å². The Balaban J connectivity index is 2.48. The van der Waals surface area contributed by atoms with Gasteiger partial charge in [-0.3, -0.25) is 4.79 Å². The van der Waals surface area contributed by atoms with Crippen molar-refractivity contribution in [2.24, 2.45) is 5.10 Å². The van der Waals surface area contributed by atoms with Crippen molar-refractivity contribution in [1.29, 1.82) is 0 Å². The second-order valence-corrected chi connectivity index (χ2v) is 6.93. The molecule has 6 heteroatoms. The summed E-state index contributed by atoms with van der Waals surface area (Å²) in [6.45, 7) is 7.33. The molecule has 0 saturated carbocycles. The number of amides is 1. The summed E-state index contributed by atoms with van der Waals surface area (Å²) in [5, 5.41) is 5.66. The number of alkyl halides is 1. The normalized spacial score (nSPS) is 21.9. The third kappa shape index (κ3) is 3.64. The topological polar surface area (TPSA) is 32.7 Å². The molecule has 2 rings (SSSR count). The van der Waals surface area contributed by atoms with Crippen molar-refractivity contribution in [3.8, 4) is 0 Å². The van der Waals surface area contributed by atoms with Gasteiger partial charge in [0.25, 0.3) is 5.91 Å². The molecule has 0 aliphatic carbocycles. The Morgan fingerprint density at radius 3 is 2.88 bits per heavy atom. The van der Waals surface area contributed by atoms with E-state index in [4.69, 9.17) is 0 Å². The Bertz CT molecular complexity index is 717. The molecule has 0 N–H and O–H groups in total. The van der Waals surface area contributed by atoms with Gasteiger partial charge >= 0.3 is 0 Å². The Labute approximate surface area is 148 Å². The van der Waals surface area contributed by atoms with Gasteiger partial charge in [0, 0.05) is 12.0 Å². The fourth-order valence-electron chi connectivity index (χ4n) is 2.57. The fourth-order valence-corrected chi connectivity index (χ4v) is 2.76. The molecule has 1 aliphatic heterocycles. The number of benzene rings is 1. The fraction of sp³-hybridized carbons (Fsp3) is 0.333. The van der Waals surface area contributed by atoms with Crippen LogP contribution in [0.3, 0.4) is 0 Å². The monoisotopic (exact) mass is 396 g/mol. The predicted molar refractivity (Wildman–Crippen MR) is 95.1 cm³/mol. The number of hydrogen-bond donors (Lipinski definition) is 0. The van der Waals surface area contributed by atoms with Gasteiger partial charge in [-0.15, -0.1) is 0 Å². The summed E-state index contributed by atoms with van der Waals surface area (Å²) in [5.41, 5.74) is -0.348. The summed E-state index contributed by atoms with van der Waals surface area (Å²) in [5.74, 6) is -1.33. The smallest absolute Gasteiger partial charge is 0.257 e. The van der Waals surface area contributed by atoms with Crippen molar-refractivity contribution >= 4 is 27.5 Å². The lowest BCUT2D eigenvalue weighted by Gasteiger charge is -2.31. The first-order valence-electron chi connectivity index (χ1n) is 7.63. The van der Waals surface area contributed by atoms with E-state index in [2.05, 4.69) is 27.6 Å². The van der Waals surface area contributed by atoms with Gasteiger partial charge < -0.3 is 0 Å². The van der Waals surface area contributed by atoms with Crippen LogP contribution in [0.1, 0.15) is 32.3 Å². The van der Waals surface area contributed by atoms with Crippen LogP contribution in [0, 0.1) is 11.6 Å². The third-order valence-electron chi connectivity index (χ3n) is 3.90. The molecule has 0 bridgehead atoms. The van der Waals surface area contributed by atoms with Gasteiger partial charge in [-0.25, -0.2) is 13.8 Å². The van der Waals surface area contributed by atoms with Crippen LogP contribution in [0.5, 0.6) is 0 Å². The van der Waals surface area contributed by atoms with Crippen molar-refractivity contribution in [1.82, 2.24) is 5.01 Å². The Morgan fingerprint density at radius 2 is 2.25 bits per heavy atom. The van der Waals surface area contributed by atoms with Gasteiger partial charge in [0.15, 0.2) is 0 Å². The molecule has 24 heavy (non-hydrogen) atoms.